The van der Waals surface area contributed by atoms with E-state index in [1.807, 2.05) is 0 Å². The molecule has 19 heavy (non-hydrogen) atoms. The van der Waals surface area contributed by atoms with Gasteiger partial charge in [-0.3, -0.25) is 14.6 Å². The molecule has 0 atom stereocenters. The number of amides is 1. The third-order valence-electron chi connectivity index (χ3n) is 2.31. The zero-order chi connectivity index (χ0) is 14.4. The molecule has 0 saturated carbocycles. The Hall–Kier alpha value is -1.69. The lowest BCUT2D eigenvalue weighted by Gasteiger charge is -2.25. The topological polar surface area (TPSA) is 72.4 Å². The molecule has 0 saturated heterocycles. The monoisotopic (exact) mass is 285 g/mol. The van der Waals surface area contributed by atoms with Crippen LogP contribution in [0.15, 0.2) is 12.4 Å². The quantitative estimate of drug-likeness (QED) is 0.768. The standard InChI is InChI=1S/C12H16ClN3O3/c1-4-19-11(17)7-16(8(2)3)12(18)9-5-14-6-10(13)15-9/h5-6,8H,4,7H2,1-3H3. The largest absolute Gasteiger partial charge is 0.465 e. The highest BCUT2D eigenvalue weighted by atomic mass is 35.5. The van der Waals surface area contributed by atoms with Gasteiger partial charge in [-0.2, -0.15) is 0 Å². The van der Waals surface area contributed by atoms with Crippen LogP contribution in [0.25, 0.3) is 0 Å². The van der Waals surface area contributed by atoms with Crippen LogP contribution in [0.3, 0.4) is 0 Å². The van der Waals surface area contributed by atoms with Crippen molar-refractivity contribution < 1.29 is 14.3 Å². The Balaban J connectivity index is 2.87. The summed E-state index contributed by atoms with van der Waals surface area (Å²) in [6, 6.07) is -0.169. The van der Waals surface area contributed by atoms with Crippen LogP contribution in [0.5, 0.6) is 0 Å². The Morgan fingerprint density at radius 1 is 1.42 bits per heavy atom. The molecule has 1 amide bonds. The van der Waals surface area contributed by atoms with Crippen molar-refractivity contribution in [2.45, 2.75) is 26.8 Å². The summed E-state index contributed by atoms with van der Waals surface area (Å²) in [4.78, 5) is 32.8. The van der Waals surface area contributed by atoms with Crippen LogP contribution < -0.4 is 0 Å². The fourth-order valence-electron chi connectivity index (χ4n) is 1.43. The van der Waals surface area contributed by atoms with Gasteiger partial charge in [-0.25, -0.2) is 4.98 Å². The lowest BCUT2D eigenvalue weighted by Crippen LogP contribution is -2.41. The Bertz CT molecular complexity index is 465. The second kappa shape index (κ2) is 7.04. The van der Waals surface area contributed by atoms with Crippen LogP contribution >= 0.6 is 11.6 Å². The fraction of sp³-hybridized carbons (Fsp3) is 0.500. The van der Waals surface area contributed by atoms with Gasteiger partial charge in [0.25, 0.3) is 5.91 Å². The van der Waals surface area contributed by atoms with Gasteiger partial charge in [0.15, 0.2) is 0 Å². The van der Waals surface area contributed by atoms with Gasteiger partial charge in [-0.1, -0.05) is 11.6 Å². The first-order valence-corrected chi connectivity index (χ1v) is 6.27. The summed E-state index contributed by atoms with van der Waals surface area (Å²) in [6.45, 7) is 5.46. The lowest BCUT2D eigenvalue weighted by molar-refractivity contribution is -0.144. The summed E-state index contributed by atoms with van der Waals surface area (Å²) in [6.07, 6.45) is 2.65. The van der Waals surface area contributed by atoms with Crippen molar-refractivity contribution in [1.29, 1.82) is 0 Å². The molecule has 0 aliphatic carbocycles. The minimum absolute atomic E-state index is 0.102. The van der Waals surface area contributed by atoms with E-state index in [-0.39, 0.29) is 30.0 Å². The van der Waals surface area contributed by atoms with Crippen molar-refractivity contribution in [3.8, 4) is 0 Å². The molecule has 7 heteroatoms. The summed E-state index contributed by atoms with van der Waals surface area (Å²) >= 11 is 5.69. The fourth-order valence-corrected chi connectivity index (χ4v) is 1.57. The van der Waals surface area contributed by atoms with Crippen molar-refractivity contribution in [1.82, 2.24) is 14.9 Å². The summed E-state index contributed by atoms with van der Waals surface area (Å²) in [7, 11) is 0. The molecular formula is C12H16ClN3O3. The third kappa shape index (κ3) is 4.48. The maximum atomic E-state index is 12.2. The van der Waals surface area contributed by atoms with Gasteiger partial charge in [0.1, 0.15) is 17.4 Å². The normalized spacial score (nSPS) is 10.4. The van der Waals surface area contributed by atoms with E-state index in [0.717, 1.165) is 0 Å². The van der Waals surface area contributed by atoms with Crippen molar-refractivity contribution in [3.63, 3.8) is 0 Å². The lowest BCUT2D eigenvalue weighted by atomic mass is 10.2. The van der Waals surface area contributed by atoms with Crippen LogP contribution in [0.4, 0.5) is 0 Å². The van der Waals surface area contributed by atoms with Gasteiger partial charge in [0.2, 0.25) is 0 Å². The van der Waals surface area contributed by atoms with Crippen LogP contribution in [-0.4, -0.2) is 45.9 Å². The first-order chi connectivity index (χ1) is 8.95. The highest BCUT2D eigenvalue weighted by Gasteiger charge is 2.23. The maximum Gasteiger partial charge on any atom is 0.325 e. The highest BCUT2D eigenvalue weighted by molar-refractivity contribution is 6.29. The van der Waals surface area contributed by atoms with E-state index in [4.69, 9.17) is 16.3 Å². The molecule has 0 spiro atoms. The number of rotatable bonds is 5. The molecular weight excluding hydrogens is 270 g/mol. The van der Waals surface area contributed by atoms with Crippen LogP contribution in [0, 0.1) is 0 Å². The summed E-state index contributed by atoms with van der Waals surface area (Å²) in [5.74, 6) is -0.863. The SMILES string of the molecule is CCOC(=O)CN(C(=O)c1cncc(Cl)n1)C(C)C. The molecule has 0 bridgehead atoms. The number of esters is 1. The molecule has 104 valence electrons. The third-order valence-corrected chi connectivity index (χ3v) is 2.50. The van der Waals surface area contributed by atoms with E-state index in [2.05, 4.69) is 9.97 Å². The van der Waals surface area contributed by atoms with Crippen molar-refractivity contribution in [2.24, 2.45) is 0 Å². The molecule has 0 fully saturated rings. The smallest absolute Gasteiger partial charge is 0.325 e. The average Bonchev–Trinajstić information content (AvgIpc) is 2.35. The van der Waals surface area contributed by atoms with Crippen LogP contribution in [0.2, 0.25) is 5.15 Å². The number of halogens is 1. The molecule has 0 N–H and O–H groups in total. The van der Waals surface area contributed by atoms with Crippen molar-refractivity contribution in [3.05, 3.63) is 23.2 Å². The Morgan fingerprint density at radius 2 is 2.11 bits per heavy atom. The maximum absolute atomic E-state index is 12.2. The first kappa shape index (κ1) is 15.4. The zero-order valence-electron chi connectivity index (χ0n) is 11.1. The van der Waals surface area contributed by atoms with Gasteiger partial charge < -0.3 is 9.64 Å². The van der Waals surface area contributed by atoms with Gasteiger partial charge in [0, 0.05) is 6.04 Å². The molecule has 1 heterocycles. The number of hydrogen-bond donors (Lipinski definition) is 0. The summed E-state index contributed by atoms with van der Waals surface area (Å²) < 4.78 is 4.84. The number of ether oxygens (including phenoxy) is 1. The molecule has 0 aliphatic heterocycles. The zero-order valence-corrected chi connectivity index (χ0v) is 11.8. The Kier molecular flexibility index (Phi) is 5.69. The van der Waals surface area contributed by atoms with E-state index in [9.17, 15) is 9.59 Å². The molecule has 1 aromatic rings. The van der Waals surface area contributed by atoms with Crippen LogP contribution in [-0.2, 0) is 9.53 Å². The second-order valence-corrected chi connectivity index (χ2v) is 4.45. The van der Waals surface area contributed by atoms with Crippen molar-refractivity contribution in [2.75, 3.05) is 13.2 Å². The number of carbonyl (C=O) groups excluding carboxylic acids is 2. The minimum Gasteiger partial charge on any atom is -0.465 e. The minimum atomic E-state index is -0.459. The number of carbonyl (C=O) groups is 2. The number of nitrogens with zero attached hydrogens (tertiary/aromatic N) is 3. The molecule has 6 nitrogen and oxygen atoms in total. The van der Waals surface area contributed by atoms with E-state index < -0.39 is 11.9 Å². The summed E-state index contributed by atoms with van der Waals surface area (Å²) in [5.41, 5.74) is 0.102. The molecule has 0 aromatic carbocycles. The molecule has 0 unspecified atom stereocenters. The van der Waals surface area contributed by atoms with E-state index in [1.165, 1.54) is 17.3 Å². The second-order valence-electron chi connectivity index (χ2n) is 4.06. The average molecular weight is 286 g/mol. The van der Waals surface area contributed by atoms with Crippen molar-refractivity contribution >= 4 is 23.5 Å². The number of hydrogen-bond acceptors (Lipinski definition) is 5. The predicted molar refractivity (Wildman–Crippen MR) is 69.8 cm³/mol. The molecule has 1 aromatic heterocycles. The predicted octanol–water partition coefficient (Wildman–Crippen LogP) is 1.54. The molecule has 0 radical (unpaired) electrons. The summed E-state index contributed by atoms with van der Waals surface area (Å²) in [5, 5.41) is 0.130. The highest BCUT2D eigenvalue weighted by Crippen LogP contribution is 2.09. The van der Waals surface area contributed by atoms with Gasteiger partial charge in [-0.05, 0) is 20.8 Å². The number of aromatic nitrogens is 2. The van der Waals surface area contributed by atoms with Gasteiger partial charge >= 0.3 is 5.97 Å². The van der Waals surface area contributed by atoms with E-state index in [1.54, 1.807) is 20.8 Å². The van der Waals surface area contributed by atoms with Gasteiger partial charge in [-0.15, -0.1) is 0 Å². The molecule has 0 aliphatic rings. The molecule has 1 rings (SSSR count). The van der Waals surface area contributed by atoms with E-state index in [0.29, 0.717) is 0 Å². The Labute approximate surface area is 116 Å². The van der Waals surface area contributed by atoms with Gasteiger partial charge in [0.05, 0.1) is 19.0 Å². The van der Waals surface area contributed by atoms with E-state index >= 15 is 0 Å². The van der Waals surface area contributed by atoms with Crippen LogP contribution in [0.1, 0.15) is 31.3 Å². The Morgan fingerprint density at radius 3 is 2.63 bits per heavy atom. The first-order valence-electron chi connectivity index (χ1n) is 5.89.